The number of nitrogen functional groups attached to an aromatic ring is 1. The van der Waals surface area contributed by atoms with Gasteiger partial charge in [0.25, 0.3) is 0 Å². The van der Waals surface area contributed by atoms with Gasteiger partial charge in [-0.05, 0) is 25.5 Å². The van der Waals surface area contributed by atoms with Gasteiger partial charge >= 0.3 is 0 Å². The van der Waals surface area contributed by atoms with Crippen molar-refractivity contribution < 1.29 is 0 Å². The lowest BCUT2D eigenvalue weighted by Gasteiger charge is -2.20. The average molecular weight is 259 g/mol. The Kier molecular flexibility index (Phi) is 4.04. The molecule has 0 saturated carbocycles. The molecule has 2 aromatic heterocycles. The number of anilines is 2. The van der Waals surface area contributed by atoms with Crippen LogP contribution in [0.25, 0.3) is 0 Å². The second-order valence-electron chi connectivity index (χ2n) is 4.72. The predicted molar refractivity (Wildman–Crippen MR) is 78.0 cm³/mol. The maximum absolute atomic E-state index is 6.14. The number of nitrogens with zero attached hydrogens (tertiary/aromatic N) is 4. The second kappa shape index (κ2) is 5.73. The fourth-order valence-electron chi connectivity index (χ4n) is 2.16. The van der Waals surface area contributed by atoms with Crippen molar-refractivity contribution >= 4 is 11.5 Å². The molecule has 19 heavy (non-hydrogen) atoms. The Balaban J connectivity index is 2.25. The van der Waals surface area contributed by atoms with Crippen molar-refractivity contribution in [2.24, 2.45) is 0 Å². The monoisotopic (exact) mass is 259 g/mol. The molecule has 0 aliphatic heterocycles. The zero-order valence-electron chi connectivity index (χ0n) is 11.8. The molecule has 5 nitrogen and oxygen atoms in total. The fourth-order valence-corrected chi connectivity index (χ4v) is 2.16. The lowest BCUT2D eigenvalue weighted by Crippen LogP contribution is -2.22. The molecule has 0 aliphatic carbocycles. The van der Waals surface area contributed by atoms with Gasteiger partial charge < -0.3 is 10.6 Å². The van der Waals surface area contributed by atoms with Gasteiger partial charge in [0, 0.05) is 19.8 Å². The molecule has 0 fully saturated rings. The summed E-state index contributed by atoms with van der Waals surface area (Å²) < 4.78 is 1.98. The third kappa shape index (κ3) is 2.86. The molecule has 0 aliphatic rings. The number of hydrogen-bond acceptors (Lipinski definition) is 4. The van der Waals surface area contributed by atoms with E-state index in [1.54, 1.807) is 6.20 Å². The van der Waals surface area contributed by atoms with Crippen LogP contribution >= 0.6 is 0 Å². The Morgan fingerprint density at radius 3 is 2.79 bits per heavy atom. The SMILES string of the molecule is CCCn1nc(C)c(N)c1N(C)Cc1ccccn1. The van der Waals surface area contributed by atoms with Gasteiger partial charge in [0.15, 0.2) is 5.82 Å². The van der Waals surface area contributed by atoms with Crippen molar-refractivity contribution in [3.63, 3.8) is 0 Å². The summed E-state index contributed by atoms with van der Waals surface area (Å²) in [5, 5.41) is 4.49. The quantitative estimate of drug-likeness (QED) is 0.894. The van der Waals surface area contributed by atoms with Crippen LogP contribution in [0.15, 0.2) is 24.4 Å². The van der Waals surface area contributed by atoms with E-state index in [9.17, 15) is 0 Å². The Hall–Kier alpha value is -2.04. The van der Waals surface area contributed by atoms with Crippen LogP contribution in [0.1, 0.15) is 24.7 Å². The summed E-state index contributed by atoms with van der Waals surface area (Å²) in [7, 11) is 2.02. The summed E-state index contributed by atoms with van der Waals surface area (Å²) in [6.07, 6.45) is 2.84. The van der Waals surface area contributed by atoms with Crippen molar-refractivity contribution in [2.75, 3.05) is 17.7 Å². The van der Waals surface area contributed by atoms with Crippen LogP contribution in [0.2, 0.25) is 0 Å². The van der Waals surface area contributed by atoms with Crippen LogP contribution in [-0.2, 0) is 13.1 Å². The third-order valence-corrected chi connectivity index (χ3v) is 3.07. The molecule has 0 aromatic carbocycles. The normalized spacial score (nSPS) is 10.7. The highest BCUT2D eigenvalue weighted by atomic mass is 15.4. The minimum Gasteiger partial charge on any atom is -0.394 e. The zero-order valence-corrected chi connectivity index (χ0v) is 11.8. The lowest BCUT2D eigenvalue weighted by atomic mass is 10.3. The number of aryl methyl sites for hydroxylation is 2. The van der Waals surface area contributed by atoms with Crippen molar-refractivity contribution in [1.29, 1.82) is 0 Å². The van der Waals surface area contributed by atoms with Crippen molar-refractivity contribution in [1.82, 2.24) is 14.8 Å². The van der Waals surface area contributed by atoms with E-state index in [4.69, 9.17) is 5.73 Å². The number of aromatic nitrogens is 3. The van der Waals surface area contributed by atoms with Crippen LogP contribution in [0.3, 0.4) is 0 Å². The highest BCUT2D eigenvalue weighted by Crippen LogP contribution is 2.26. The summed E-state index contributed by atoms with van der Waals surface area (Å²) in [4.78, 5) is 6.45. The molecular weight excluding hydrogens is 238 g/mol. The van der Waals surface area contributed by atoms with Crippen molar-refractivity contribution in [2.45, 2.75) is 33.4 Å². The molecule has 0 spiro atoms. The summed E-state index contributed by atoms with van der Waals surface area (Å²) in [5.41, 5.74) is 8.80. The largest absolute Gasteiger partial charge is 0.394 e. The highest BCUT2D eigenvalue weighted by Gasteiger charge is 2.16. The molecule has 5 heteroatoms. The van der Waals surface area contributed by atoms with Gasteiger partial charge in [-0.1, -0.05) is 13.0 Å². The van der Waals surface area contributed by atoms with Gasteiger partial charge in [0.05, 0.1) is 23.6 Å². The Morgan fingerprint density at radius 2 is 2.16 bits per heavy atom. The molecule has 0 bridgehead atoms. The lowest BCUT2D eigenvalue weighted by molar-refractivity contribution is 0.590. The maximum atomic E-state index is 6.14. The molecule has 2 heterocycles. The molecule has 0 saturated heterocycles. The van der Waals surface area contributed by atoms with Gasteiger partial charge in [0.1, 0.15) is 0 Å². The van der Waals surface area contributed by atoms with E-state index in [0.29, 0.717) is 0 Å². The van der Waals surface area contributed by atoms with Gasteiger partial charge in [-0.2, -0.15) is 5.10 Å². The molecular formula is C14H21N5. The van der Waals surface area contributed by atoms with Crippen LogP contribution in [0, 0.1) is 6.92 Å². The first-order valence-corrected chi connectivity index (χ1v) is 6.57. The first-order valence-electron chi connectivity index (χ1n) is 6.57. The van der Waals surface area contributed by atoms with Crippen LogP contribution in [0.5, 0.6) is 0 Å². The Morgan fingerprint density at radius 1 is 1.37 bits per heavy atom. The minimum absolute atomic E-state index is 0.722. The van der Waals surface area contributed by atoms with E-state index < -0.39 is 0 Å². The maximum Gasteiger partial charge on any atom is 0.150 e. The van der Waals surface area contributed by atoms with E-state index in [0.717, 1.165) is 42.4 Å². The standard InChI is InChI=1S/C14H21N5/c1-4-9-19-14(13(15)11(2)17-19)18(3)10-12-7-5-6-8-16-12/h5-8H,4,9-10,15H2,1-3H3. The molecule has 0 atom stereocenters. The van der Waals surface area contributed by atoms with Gasteiger partial charge in [-0.25, -0.2) is 4.68 Å². The van der Waals surface area contributed by atoms with Crippen LogP contribution in [0.4, 0.5) is 11.5 Å². The summed E-state index contributed by atoms with van der Waals surface area (Å²) in [6, 6.07) is 5.93. The molecule has 2 aromatic rings. The Bertz CT molecular complexity index is 532. The second-order valence-corrected chi connectivity index (χ2v) is 4.72. The predicted octanol–water partition coefficient (Wildman–Crippen LogP) is 2.22. The number of nitrogens with two attached hydrogens (primary N) is 1. The van der Waals surface area contributed by atoms with Gasteiger partial charge in [-0.15, -0.1) is 0 Å². The molecule has 0 radical (unpaired) electrons. The summed E-state index contributed by atoms with van der Waals surface area (Å²) in [6.45, 7) is 5.68. The number of pyridine rings is 1. The first kappa shape index (κ1) is 13.4. The first-order chi connectivity index (χ1) is 9.13. The van der Waals surface area contributed by atoms with E-state index in [1.807, 2.05) is 36.9 Å². The molecule has 2 rings (SSSR count). The zero-order chi connectivity index (χ0) is 13.8. The molecule has 0 unspecified atom stereocenters. The van der Waals surface area contributed by atoms with Crippen LogP contribution in [-0.4, -0.2) is 21.8 Å². The summed E-state index contributed by atoms with van der Waals surface area (Å²) in [5.74, 6) is 0.977. The van der Waals surface area contributed by atoms with Crippen molar-refractivity contribution in [3.8, 4) is 0 Å². The van der Waals surface area contributed by atoms with Gasteiger partial charge in [0.2, 0.25) is 0 Å². The molecule has 2 N–H and O–H groups in total. The smallest absolute Gasteiger partial charge is 0.150 e. The Labute approximate surface area is 114 Å². The van der Waals surface area contributed by atoms with E-state index in [1.165, 1.54) is 0 Å². The van der Waals surface area contributed by atoms with Crippen LogP contribution < -0.4 is 10.6 Å². The van der Waals surface area contributed by atoms with E-state index >= 15 is 0 Å². The third-order valence-electron chi connectivity index (χ3n) is 3.07. The van der Waals surface area contributed by atoms with Crippen molar-refractivity contribution in [3.05, 3.63) is 35.8 Å². The van der Waals surface area contributed by atoms with E-state index in [-0.39, 0.29) is 0 Å². The average Bonchev–Trinajstić information content (AvgIpc) is 2.66. The highest BCUT2D eigenvalue weighted by molar-refractivity contribution is 5.65. The van der Waals surface area contributed by atoms with E-state index in [2.05, 4.69) is 21.9 Å². The molecule has 102 valence electrons. The summed E-state index contributed by atoms with van der Waals surface area (Å²) >= 11 is 0. The number of hydrogen-bond donors (Lipinski definition) is 1. The topological polar surface area (TPSA) is 60.0 Å². The minimum atomic E-state index is 0.722. The fraction of sp³-hybridized carbons (Fsp3) is 0.429. The molecule has 0 amide bonds. The van der Waals surface area contributed by atoms with Gasteiger partial charge in [-0.3, -0.25) is 4.98 Å². The number of rotatable bonds is 5.